The number of hydrogen-bond acceptors (Lipinski definition) is 4. The number of ketones is 1. The van der Waals surface area contributed by atoms with Gasteiger partial charge in [0.05, 0.1) is 12.2 Å². The quantitative estimate of drug-likeness (QED) is 0.635. The summed E-state index contributed by atoms with van der Waals surface area (Å²) in [7, 11) is 3.70. The normalized spacial score (nSPS) is 10.5. The molecular formula is C9H13N3O. The molecule has 1 aromatic rings. The van der Waals surface area contributed by atoms with Gasteiger partial charge in [0.25, 0.3) is 0 Å². The van der Waals surface area contributed by atoms with E-state index in [4.69, 9.17) is 0 Å². The highest BCUT2D eigenvalue weighted by atomic mass is 16.1. The molecule has 0 atom stereocenters. The number of carbonyl (C=O) groups excluding carboxylic acids is 1. The highest BCUT2D eigenvalue weighted by molar-refractivity contribution is 5.96. The van der Waals surface area contributed by atoms with Crippen molar-refractivity contribution in [1.29, 1.82) is 0 Å². The molecule has 4 heteroatoms. The van der Waals surface area contributed by atoms with Crippen LogP contribution in [-0.4, -0.2) is 41.3 Å². The summed E-state index contributed by atoms with van der Waals surface area (Å²) >= 11 is 0. The topological polar surface area (TPSA) is 46.1 Å². The van der Waals surface area contributed by atoms with Gasteiger partial charge in [0.1, 0.15) is 5.69 Å². The molecule has 0 radical (unpaired) electrons. The summed E-state index contributed by atoms with van der Waals surface area (Å²) in [6, 6.07) is 0. The highest BCUT2D eigenvalue weighted by Gasteiger charge is 2.11. The second-order valence-corrected chi connectivity index (χ2v) is 3.15. The zero-order chi connectivity index (χ0) is 9.84. The van der Waals surface area contributed by atoms with Gasteiger partial charge in [-0.05, 0) is 21.0 Å². The molecule has 4 nitrogen and oxygen atoms in total. The second-order valence-electron chi connectivity index (χ2n) is 3.15. The van der Waals surface area contributed by atoms with Gasteiger partial charge in [0.2, 0.25) is 0 Å². The minimum absolute atomic E-state index is 0.00981. The Balaban J connectivity index is 2.83. The largest absolute Gasteiger partial charge is 0.302 e. The number of Topliss-reactive ketones (excluding diaryl/α,β-unsaturated/α-hetero) is 1. The van der Waals surface area contributed by atoms with Gasteiger partial charge in [-0.2, -0.15) is 0 Å². The summed E-state index contributed by atoms with van der Waals surface area (Å²) in [6.07, 6.45) is 3.12. The van der Waals surface area contributed by atoms with Gasteiger partial charge >= 0.3 is 0 Å². The summed E-state index contributed by atoms with van der Waals surface area (Å²) in [5.74, 6) is 0.00981. The zero-order valence-corrected chi connectivity index (χ0v) is 8.11. The second kappa shape index (κ2) is 4.09. The lowest BCUT2D eigenvalue weighted by atomic mass is 10.2. The smallest absolute Gasteiger partial charge is 0.196 e. The number of nitrogens with zero attached hydrogens (tertiary/aromatic N) is 3. The first-order chi connectivity index (χ1) is 6.11. The van der Waals surface area contributed by atoms with Crippen LogP contribution in [-0.2, 0) is 0 Å². The minimum Gasteiger partial charge on any atom is -0.302 e. The third kappa shape index (κ3) is 2.59. The van der Waals surface area contributed by atoms with Gasteiger partial charge in [0.15, 0.2) is 5.78 Å². The monoisotopic (exact) mass is 179 g/mol. The molecule has 0 aliphatic heterocycles. The molecule has 1 rings (SSSR count). The van der Waals surface area contributed by atoms with E-state index in [1.54, 1.807) is 13.1 Å². The van der Waals surface area contributed by atoms with E-state index in [-0.39, 0.29) is 5.78 Å². The predicted molar refractivity (Wildman–Crippen MR) is 49.7 cm³/mol. The lowest BCUT2D eigenvalue weighted by Crippen LogP contribution is -2.23. The van der Waals surface area contributed by atoms with Crippen molar-refractivity contribution in [1.82, 2.24) is 14.9 Å². The average Bonchev–Trinajstić information content (AvgIpc) is 2.03. The van der Waals surface area contributed by atoms with Crippen LogP contribution in [0.15, 0.2) is 12.4 Å². The molecule has 0 amide bonds. The minimum atomic E-state index is 0.00981. The standard InChI is InChI=1S/C9H13N3O/c1-7-9(11-5-4-10-7)8(13)6-12(2)3/h4-5H,6H2,1-3H3. The van der Waals surface area contributed by atoms with Crippen molar-refractivity contribution >= 4 is 5.78 Å². The van der Waals surface area contributed by atoms with Crippen molar-refractivity contribution in [2.75, 3.05) is 20.6 Å². The van der Waals surface area contributed by atoms with E-state index in [0.717, 1.165) is 0 Å². The van der Waals surface area contributed by atoms with Crippen LogP contribution < -0.4 is 0 Å². The Morgan fingerprint density at radius 3 is 2.54 bits per heavy atom. The molecule has 0 unspecified atom stereocenters. The maximum atomic E-state index is 11.5. The first kappa shape index (κ1) is 9.80. The fourth-order valence-corrected chi connectivity index (χ4v) is 1.04. The number of hydrogen-bond donors (Lipinski definition) is 0. The number of aryl methyl sites for hydroxylation is 1. The third-order valence-electron chi connectivity index (χ3n) is 1.61. The van der Waals surface area contributed by atoms with Crippen molar-refractivity contribution in [3.8, 4) is 0 Å². The van der Waals surface area contributed by atoms with E-state index >= 15 is 0 Å². The zero-order valence-electron chi connectivity index (χ0n) is 8.11. The van der Waals surface area contributed by atoms with Crippen LogP contribution in [0.25, 0.3) is 0 Å². The molecule has 1 heterocycles. The number of aromatic nitrogens is 2. The Labute approximate surface area is 77.6 Å². The molecule has 0 saturated carbocycles. The van der Waals surface area contributed by atoms with Crippen LogP contribution in [0.2, 0.25) is 0 Å². The Morgan fingerprint density at radius 1 is 1.38 bits per heavy atom. The molecule has 0 spiro atoms. The van der Waals surface area contributed by atoms with Crippen LogP contribution in [0.5, 0.6) is 0 Å². The molecule has 0 aliphatic carbocycles. The van der Waals surface area contributed by atoms with Crippen LogP contribution in [0.1, 0.15) is 16.2 Å². The summed E-state index contributed by atoms with van der Waals surface area (Å²) in [5, 5.41) is 0. The Morgan fingerprint density at radius 2 is 2.00 bits per heavy atom. The summed E-state index contributed by atoms with van der Waals surface area (Å²) in [4.78, 5) is 21.3. The van der Waals surface area contributed by atoms with Crippen LogP contribution >= 0.6 is 0 Å². The average molecular weight is 179 g/mol. The number of likely N-dealkylation sites (N-methyl/N-ethyl adjacent to an activating group) is 1. The van der Waals surface area contributed by atoms with E-state index in [1.165, 1.54) is 6.20 Å². The fraction of sp³-hybridized carbons (Fsp3) is 0.444. The maximum Gasteiger partial charge on any atom is 0.196 e. The molecule has 0 N–H and O–H groups in total. The highest BCUT2D eigenvalue weighted by Crippen LogP contribution is 2.00. The SMILES string of the molecule is Cc1nccnc1C(=O)CN(C)C. The van der Waals surface area contributed by atoms with E-state index in [2.05, 4.69) is 9.97 Å². The molecule has 0 fully saturated rings. The van der Waals surface area contributed by atoms with E-state index in [1.807, 2.05) is 19.0 Å². The van der Waals surface area contributed by atoms with Gasteiger partial charge < -0.3 is 4.90 Å². The van der Waals surface area contributed by atoms with Crippen LogP contribution in [0.4, 0.5) is 0 Å². The summed E-state index contributed by atoms with van der Waals surface area (Å²) in [6.45, 7) is 2.16. The summed E-state index contributed by atoms with van der Waals surface area (Å²) < 4.78 is 0. The van der Waals surface area contributed by atoms with Crippen LogP contribution in [0.3, 0.4) is 0 Å². The first-order valence-electron chi connectivity index (χ1n) is 4.07. The number of carbonyl (C=O) groups is 1. The van der Waals surface area contributed by atoms with Gasteiger partial charge in [0, 0.05) is 12.4 Å². The molecule has 0 aromatic carbocycles. The van der Waals surface area contributed by atoms with Crippen molar-refractivity contribution < 1.29 is 4.79 Å². The summed E-state index contributed by atoms with van der Waals surface area (Å²) in [5.41, 5.74) is 1.16. The lowest BCUT2D eigenvalue weighted by Gasteiger charge is -2.08. The van der Waals surface area contributed by atoms with Crippen molar-refractivity contribution in [3.05, 3.63) is 23.8 Å². The molecule has 0 bridgehead atoms. The Bertz CT molecular complexity index is 309. The number of rotatable bonds is 3. The molecule has 0 saturated heterocycles. The Hall–Kier alpha value is -1.29. The van der Waals surface area contributed by atoms with Crippen molar-refractivity contribution in [3.63, 3.8) is 0 Å². The molecule has 0 aliphatic rings. The molecule has 1 aromatic heterocycles. The lowest BCUT2D eigenvalue weighted by molar-refractivity contribution is 0.0952. The van der Waals surface area contributed by atoms with Crippen molar-refractivity contribution in [2.45, 2.75) is 6.92 Å². The first-order valence-corrected chi connectivity index (χ1v) is 4.07. The van der Waals surface area contributed by atoms with Gasteiger partial charge in [-0.1, -0.05) is 0 Å². The van der Waals surface area contributed by atoms with Crippen LogP contribution in [0, 0.1) is 6.92 Å². The van der Waals surface area contributed by atoms with Gasteiger partial charge in [-0.25, -0.2) is 4.98 Å². The van der Waals surface area contributed by atoms with Crippen molar-refractivity contribution in [2.24, 2.45) is 0 Å². The van der Waals surface area contributed by atoms with E-state index in [0.29, 0.717) is 17.9 Å². The Kier molecular flexibility index (Phi) is 3.08. The van der Waals surface area contributed by atoms with E-state index in [9.17, 15) is 4.79 Å². The molecule has 70 valence electrons. The van der Waals surface area contributed by atoms with Gasteiger partial charge in [-0.3, -0.25) is 9.78 Å². The third-order valence-corrected chi connectivity index (χ3v) is 1.61. The maximum absolute atomic E-state index is 11.5. The van der Waals surface area contributed by atoms with E-state index < -0.39 is 0 Å². The van der Waals surface area contributed by atoms with Gasteiger partial charge in [-0.15, -0.1) is 0 Å². The predicted octanol–water partition coefficient (Wildman–Crippen LogP) is 0.529. The molecular weight excluding hydrogens is 166 g/mol. The molecule has 13 heavy (non-hydrogen) atoms. The fourth-order valence-electron chi connectivity index (χ4n) is 1.04.